The highest BCUT2D eigenvalue weighted by molar-refractivity contribution is 5.41. The largest absolute Gasteiger partial charge is 0.321 e. The van der Waals surface area contributed by atoms with E-state index in [1.54, 1.807) is 12.1 Å². The lowest BCUT2D eigenvalue weighted by Crippen LogP contribution is -2.13. The number of nitrogens with one attached hydrogen (secondary N) is 1. The first-order valence-electron chi connectivity index (χ1n) is 3.31. The van der Waals surface area contributed by atoms with Crippen molar-refractivity contribution in [3.8, 4) is 0 Å². The second-order valence-corrected chi connectivity index (χ2v) is 2.33. The lowest BCUT2D eigenvalue weighted by molar-refractivity contribution is 1.34. The van der Waals surface area contributed by atoms with Crippen LogP contribution in [0.5, 0.6) is 0 Å². The van der Waals surface area contributed by atoms with E-state index in [9.17, 15) is 4.79 Å². The summed E-state index contributed by atoms with van der Waals surface area (Å²) in [5.41, 5.74) is 3.68. The fourth-order valence-electron chi connectivity index (χ4n) is 0.769. The molecule has 0 aliphatic carbocycles. The van der Waals surface area contributed by atoms with Gasteiger partial charge in [-0.3, -0.25) is 10.6 Å². The van der Waals surface area contributed by atoms with Crippen LogP contribution in [-0.4, -0.2) is 0 Å². The van der Waals surface area contributed by atoms with E-state index >= 15 is 0 Å². The number of anilines is 1. The molecular weight excluding hydrogens is 140 g/mol. The van der Waals surface area contributed by atoms with Crippen LogP contribution in [0.4, 0.5) is 5.69 Å². The van der Waals surface area contributed by atoms with Crippen LogP contribution in [0.15, 0.2) is 29.1 Å². The molecule has 0 saturated carbocycles. The van der Waals surface area contributed by atoms with E-state index in [1.165, 1.54) is 6.07 Å². The number of hydrogen-bond donors (Lipinski definition) is 2. The molecule has 0 aromatic heterocycles. The van der Waals surface area contributed by atoms with Gasteiger partial charge in [0.05, 0.1) is 5.69 Å². The minimum Gasteiger partial charge on any atom is -0.321 e. The second kappa shape index (κ2) is 3.16. The summed E-state index contributed by atoms with van der Waals surface area (Å²) in [6.07, 6.45) is 0. The molecule has 0 spiro atoms. The second-order valence-electron chi connectivity index (χ2n) is 2.33. The lowest BCUT2D eigenvalue weighted by atomic mass is 10.3. The van der Waals surface area contributed by atoms with Crippen molar-refractivity contribution in [1.29, 1.82) is 0 Å². The Morgan fingerprint density at radius 3 is 2.55 bits per heavy atom. The molecule has 0 amide bonds. The summed E-state index contributed by atoms with van der Waals surface area (Å²) in [4.78, 5) is 11.1. The maximum Gasteiger partial charge on any atom is 0.202 e. The Balaban J connectivity index is 3.33. The molecule has 1 aromatic rings. The standard InChI is InChI=1S/C8H10N2O/c1-6-2-4-7(10-9)8(11)5-3-6/h2-5H,9H2,1H3,(H,10,11). The zero-order chi connectivity index (χ0) is 8.27. The maximum atomic E-state index is 11.1. The van der Waals surface area contributed by atoms with Gasteiger partial charge in [0.25, 0.3) is 0 Å². The van der Waals surface area contributed by atoms with Gasteiger partial charge in [-0.2, -0.15) is 0 Å². The number of hydrazine groups is 1. The molecule has 0 heterocycles. The van der Waals surface area contributed by atoms with Crippen molar-refractivity contribution in [2.24, 2.45) is 5.84 Å². The Labute approximate surface area is 64.8 Å². The van der Waals surface area contributed by atoms with Crippen LogP contribution in [0.1, 0.15) is 5.56 Å². The van der Waals surface area contributed by atoms with Crippen molar-refractivity contribution < 1.29 is 0 Å². The van der Waals surface area contributed by atoms with Crippen molar-refractivity contribution in [3.05, 3.63) is 40.1 Å². The number of hydrogen-bond acceptors (Lipinski definition) is 3. The fourth-order valence-corrected chi connectivity index (χ4v) is 0.769. The summed E-state index contributed by atoms with van der Waals surface area (Å²) in [5, 5.41) is 0. The van der Waals surface area contributed by atoms with Gasteiger partial charge in [-0.15, -0.1) is 0 Å². The molecule has 0 fully saturated rings. The SMILES string of the molecule is Cc1ccc(NN)c(=O)cc1. The van der Waals surface area contributed by atoms with Crippen LogP contribution >= 0.6 is 0 Å². The zero-order valence-corrected chi connectivity index (χ0v) is 6.29. The Kier molecular flexibility index (Phi) is 2.23. The Hall–Kier alpha value is -1.35. The Morgan fingerprint density at radius 1 is 1.27 bits per heavy atom. The molecule has 0 aliphatic rings. The maximum absolute atomic E-state index is 11.1. The molecule has 0 radical (unpaired) electrons. The highest BCUT2D eigenvalue weighted by atomic mass is 16.1. The van der Waals surface area contributed by atoms with Gasteiger partial charge in [-0.05, 0) is 19.1 Å². The van der Waals surface area contributed by atoms with Crippen molar-refractivity contribution in [2.45, 2.75) is 6.92 Å². The number of nitrogen functional groups attached to an aromatic ring is 1. The topological polar surface area (TPSA) is 55.1 Å². The van der Waals surface area contributed by atoms with Crippen molar-refractivity contribution in [2.75, 3.05) is 5.43 Å². The van der Waals surface area contributed by atoms with E-state index in [-0.39, 0.29) is 5.43 Å². The van der Waals surface area contributed by atoms with Gasteiger partial charge in [0.2, 0.25) is 5.43 Å². The molecule has 0 bridgehead atoms. The minimum absolute atomic E-state index is 0.0967. The van der Waals surface area contributed by atoms with Crippen molar-refractivity contribution in [3.63, 3.8) is 0 Å². The van der Waals surface area contributed by atoms with E-state index in [4.69, 9.17) is 5.84 Å². The molecule has 3 N–H and O–H groups in total. The molecule has 0 atom stereocenters. The third kappa shape index (κ3) is 1.78. The predicted molar refractivity (Wildman–Crippen MR) is 45.3 cm³/mol. The molecular formula is C8H10N2O. The molecule has 0 unspecified atom stereocenters. The van der Waals surface area contributed by atoms with Gasteiger partial charge in [0.15, 0.2) is 0 Å². The first-order valence-corrected chi connectivity index (χ1v) is 3.31. The number of nitrogens with two attached hydrogens (primary N) is 1. The fraction of sp³-hybridized carbons (Fsp3) is 0.125. The van der Waals surface area contributed by atoms with Gasteiger partial charge >= 0.3 is 0 Å². The lowest BCUT2D eigenvalue weighted by Gasteiger charge is -1.89. The normalized spacial score (nSPS) is 9.27. The molecule has 3 heteroatoms. The molecule has 1 aromatic carbocycles. The summed E-state index contributed by atoms with van der Waals surface area (Å²) in [7, 11) is 0. The molecule has 11 heavy (non-hydrogen) atoms. The highest BCUT2D eigenvalue weighted by Gasteiger charge is 1.90. The van der Waals surface area contributed by atoms with Crippen LogP contribution in [0.2, 0.25) is 0 Å². The van der Waals surface area contributed by atoms with E-state index in [2.05, 4.69) is 5.43 Å². The van der Waals surface area contributed by atoms with Crippen molar-refractivity contribution in [1.82, 2.24) is 0 Å². The third-order valence-electron chi connectivity index (χ3n) is 1.43. The summed E-state index contributed by atoms with van der Waals surface area (Å²) >= 11 is 0. The van der Waals surface area contributed by atoms with Gasteiger partial charge in [0.1, 0.15) is 0 Å². The molecule has 58 valence electrons. The average Bonchev–Trinajstić information content (AvgIpc) is 2.15. The number of rotatable bonds is 1. The van der Waals surface area contributed by atoms with Crippen LogP contribution in [0, 0.1) is 6.92 Å². The zero-order valence-electron chi connectivity index (χ0n) is 6.29. The summed E-state index contributed by atoms with van der Waals surface area (Å²) in [6.45, 7) is 1.92. The van der Waals surface area contributed by atoms with Crippen LogP contribution in [0.3, 0.4) is 0 Å². The van der Waals surface area contributed by atoms with E-state index < -0.39 is 0 Å². The van der Waals surface area contributed by atoms with Gasteiger partial charge < -0.3 is 5.43 Å². The Bertz CT molecular complexity index is 309. The summed E-state index contributed by atoms with van der Waals surface area (Å²) < 4.78 is 0. The van der Waals surface area contributed by atoms with Crippen molar-refractivity contribution >= 4 is 5.69 Å². The monoisotopic (exact) mass is 150 g/mol. The third-order valence-corrected chi connectivity index (χ3v) is 1.43. The van der Waals surface area contributed by atoms with E-state index in [0.29, 0.717) is 5.69 Å². The van der Waals surface area contributed by atoms with Gasteiger partial charge in [-0.1, -0.05) is 17.7 Å². The summed E-state index contributed by atoms with van der Waals surface area (Å²) in [6, 6.07) is 6.74. The predicted octanol–water partition coefficient (Wildman–Crippen LogP) is 0.641. The Morgan fingerprint density at radius 2 is 1.91 bits per heavy atom. The van der Waals surface area contributed by atoms with Gasteiger partial charge in [0, 0.05) is 0 Å². The average molecular weight is 150 g/mol. The number of aryl methyl sites for hydroxylation is 1. The van der Waals surface area contributed by atoms with Gasteiger partial charge in [-0.25, -0.2) is 0 Å². The molecule has 0 saturated heterocycles. The van der Waals surface area contributed by atoms with E-state index in [1.807, 2.05) is 13.0 Å². The van der Waals surface area contributed by atoms with E-state index in [0.717, 1.165) is 5.56 Å². The smallest absolute Gasteiger partial charge is 0.202 e. The van der Waals surface area contributed by atoms with Crippen LogP contribution in [-0.2, 0) is 0 Å². The summed E-state index contributed by atoms with van der Waals surface area (Å²) in [5.74, 6) is 5.11. The first kappa shape index (κ1) is 7.75. The first-order chi connectivity index (χ1) is 5.24. The minimum atomic E-state index is -0.0967. The molecule has 0 aliphatic heterocycles. The molecule has 3 nitrogen and oxygen atoms in total. The van der Waals surface area contributed by atoms with Crippen LogP contribution in [0.25, 0.3) is 0 Å². The molecule has 1 rings (SSSR count). The highest BCUT2D eigenvalue weighted by Crippen LogP contribution is 1.97. The quantitative estimate of drug-likeness (QED) is 0.456. The van der Waals surface area contributed by atoms with Crippen LogP contribution < -0.4 is 16.7 Å².